The molecule has 0 atom stereocenters. The van der Waals surface area contributed by atoms with E-state index in [1.165, 1.54) is 0 Å². The smallest absolute Gasteiger partial charge is 0.130 e. The highest BCUT2D eigenvalue weighted by atomic mass is 15.3. The topological polar surface area (TPSA) is 66.5 Å². The van der Waals surface area contributed by atoms with Crippen molar-refractivity contribution >= 4 is 11.5 Å². The summed E-state index contributed by atoms with van der Waals surface area (Å²) in [6.07, 6.45) is 1.55. The van der Waals surface area contributed by atoms with Gasteiger partial charge < -0.3 is 5.32 Å². The van der Waals surface area contributed by atoms with E-state index in [0.29, 0.717) is 11.4 Å². The van der Waals surface area contributed by atoms with Crippen LogP contribution in [0.5, 0.6) is 0 Å². The number of nitriles is 1. The lowest BCUT2D eigenvalue weighted by molar-refractivity contribution is 0.834. The molecule has 0 unspecified atom stereocenters. The molecule has 0 aliphatic rings. The molecule has 0 aliphatic heterocycles. The summed E-state index contributed by atoms with van der Waals surface area (Å²) in [5, 5.41) is 16.7. The van der Waals surface area contributed by atoms with Crippen LogP contribution in [0.1, 0.15) is 17.0 Å². The van der Waals surface area contributed by atoms with Crippen molar-refractivity contribution in [1.82, 2.24) is 14.8 Å². The molecule has 1 aromatic carbocycles. The molecule has 0 saturated carbocycles. The van der Waals surface area contributed by atoms with E-state index in [0.717, 1.165) is 22.8 Å². The number of anilines is 2. The van der Waals surface area contributed by atoms with Crippen molar-refractivity contribution in [3.05, 3.63) is 65.6 Å². The first-order valence-corrected chi connectivity index (χ1v) is 6.94. The second kappa shape index (κ2) is 5.70. The molecule has 0 radical (unpaired) electrons. The van der Waals surface area contributed by atoms with E-state index in [9.17, 15) is 0 Å². The van der Waals surface area contributed by atoms with Crippen molar-refractivity contribution in [3.63, 3.8) is 0 Å². The second-order valence-electron chi connectivity index (χ2n) is 4.96. The number of rotatable bonds is 3. The lowest BCUT2D eigenvalue weighted by Gasteiger charge is -2.07. The standard InChI is InChI=1S/C17H15N5/c1-12-17(20-16-9-8-14(10-18)11-19-16)13(2)22(21-12)15-6-4-3-5-7-15/h3-9,11H,1-2H3,(H,19,20). The lowest BCUT2D eigenvalue weighted by Crippen LogP contribution is -2.00. The van der Waals surface area contributed by atoms with Gasteiger partial charge in [0, 0.05) is 6.20 Å². The number of nitrogens with zero attached hydrogens (tertiary/aromatic N) is 4. The van der Waals surface area contributed by atoms with Crippen LogP contribution in [0.4, 0.5) is 11.5 Å². The van der Waals surface area contributed by atoms with Gasteiger partial charge in [0.15, 0.2) is 0 Å². The van der Waals surface area contributed by atoms with Gasteiger partial charge in [0.2, 0.25) is 0 Å². The third kappa shape index (κ3) is 2.54. The molecule has 108 valence electrons. The summed E-state index contributed by atoms with van der Waals surface area (Å²) < 4.78 is 1.90. The summed E-state index contributed by atoms with van der Waals surface area (Å²) in [4.78, 5) is 4.24. The van der Waals surface area contributed by atoms with Gasteiger partial charge in [-0.1, -0.05) is 18.2 Å². The van der Waals surface area contributed by atoms with E-state index in [1.807, 2.05) is 48.9 Å². The maximum absolute atomic E-state index is 8.81. The summed E-state index contributed by atoms with van der Waals surface area (Å²) in [5.74, 6) is 0.692. The van der Waals surface area contributed by atoms with Crippen molar-refractivity contribution in [1.29, 1.82) is 5.26 Å². The molecule has 0 amide bonds. The number of pyridine rings is 1. The fourth-order valence-corrected chi connectivity index (χ4v) is 2.31. The molecule has 0 bridgehead atoms. The molecule has 22 heavy (non-hydrogen) atoms. The zero-order chi connectivity index (χ0) is 15.5. The summed E-state index contributed by atoms with van der Waals surface area (Å²) >= 11 is 0. The van der Waals surface area contributed by atoms with Gasteiger partial charge in [-0.25, -0.2) is 9.67 Å². The van der Waals surface area contributed by atoms with Crippen LogP contribution >= 0.6 is 0 Å². The second-order valence-corrected chi connectivity index (χ2v) is 4.96. The number of benzene rings is 1. The zero-order valence-electron chi connectivity index (χ0n) is 12.4. The van der Waals surface area contributed by atoms with Crippen molar-refractivity contribution in [2.75, 3.05) is 5.32 Å². The van der Waals surface area contributed by atoms with Crippen LogP contribution in [0, 0.1) is 25.2 Å². The molecule has 0 saturated heterocycles. The molecule has 1 N–H and O–H groups in total. The van der Waals surface area contributed by atoms with Gasteiger partial charge >= 0.3 is 0 Å². The molecule has 5 heteroatoms. The minimum absolute atomic E-state index is 0.541. The first-order valence-electron chi connectivity index (χ1n) is 6.94. The Bertz CT molecular complexity index is 826. The van der Waals surface area contributed by atoms with Crippen molar-refractivity contribution in [2.24, 2.45) is 0 Å². The van der Waals surface area contributed by atoms with Gasteiger partial charge in [-0.15, -0.1) is 0 Å². The van der Waals surface area contributed by atoms with E-state index >= 15 is 0 Å². The van der Waals surface area contributed by atoms with Crippen LogP contribution in [-0.2, 0) is 0 Å². The van der Waals surface area contributed by atoms with E-state index < -0.39 is 0 Å². The van der Waals surface area contributed by atoms with Gasteiger partial charge in [-0.05, 0) is 38.1 Å². The number of aromatic nitrogens is 3. The van der Waals surface area contributed by atoms with Crippen LogP contribution in [0.3, 0.4) is 0 Å². The maximum atomic E-state index is 8.81. The minimum atomic E-state index is 0.541. The number of para-hydroxylation sites is 1. The van der Waals surface area contributed by atoms with Crippen molar-refractivity contribution in [3.8, 4) is 11.8 Å². The Morgan fingerprint density at radius 3 is 2.50 bits per heavy atom. The van der Waals surface area contributed by atoms with Gasteiger partial charge in [-0.3, -0.25) is 0 Å². The molecule has 2 aromatic heterocycles. The van der Waals surface area contributed by atoms with Gasteiger partial charge in [-0.2, -0.15) is 10.4 Å². The molecule has 5 nitrogen and oxygen atoms in total. The highest BCUT2D eigenvalue weighted by Gasteiger charge is 2.13. The van der Waals surface area contributed by atoms with Crippen molar-refractivity contribution in [2.45, 2.75) is 13.8 Å². The molecule has 0 fully saturated rings. The van der Waals surface area contributed by atoms with E-state index in [2.05, 4.69) is 21.5 Å². The fraction of sp³-hybridized carbons (Fsp3) is 0.118. The summed E-state index contributed by atoms with van der Waals surface area (Å²) in [5.41, 5.74) is 4.39. The summed E-state index contributed by atoms with van der Waals surface area (Å²) in [7, 11) is 0. The monoisotopic (exact) mass is 289 g/mol. The molecule has 0 aliphatic carbocycles. The largest absolute Gasteiger partial charge is 0.337 e. The van der Waals surface area contributed by atoms with Gasteiger partial charge in [0.25, 0.3) is 0 Å². The molecule has 3 aromatic rings. The van der Waals surface area contributed by atoms with E-state index in [-0.39, 0.29) is 0 Å². The average Bonchev–Trinajstić information content (AvgIpc) is 2.84. The molecular weight excluding hydrogens is 274 g/mol. The fourth-order valence-electron chi connectivity index (χ4n) is 2.31. The lowest BCUT2D eigenvalue weighted by atomic mass is 10.2. The molecule has 3 rings (SSSR count). The van der Waals surface area contributed by atoms with Gasteiger partial charge in [0.1, 0.15) is 11.9 Å². The van der Waals surface area contributed by atoms with E-state index in [4.69, 9.17) is 5.26 Å². The normalized spacial score (nSPS) is 10.2. The third-order valence-corrected chi connectivity index (χ3v) is 3.44. The van der Waals surface area contributed by atoms with Crippen LogP contribution in [-0.4, -0.2) is 14.8 Å². The summed E-state index contributed by atoms with van der Waals surface area (Å²) in [6, 6.07) is 15.6. The van der Waals surface area contributed by atoms with Crippen molar-refractivity contribution < 1.29 is 0 Å². The van der Waals surface area contributed by atoms with Crippen LogP contribution < -0.4 is 5.32 Å². The first-order chi connectivity index (χ1) is 10.7. The van der Waals surface area contributed by atoms with Crippen LogP contribution in [0.25, 0.3) is 5.69 Å². The first kappa shape index (κ1) is 13.8. The Morgan fingerprint density at radius 2 is 1.86 bits per heavy atom. The maximum Gasteiger partial charge on any atom is 0.130 e. The SMILES string of the molecule is Cc1nn(-c2ccccc2)c(C)c1Nc1ccc(C#N)cn1. The quantitative estimate of drug-likeness (QED) is 0.801. The number of hydrogen-bond donors (Lipinski definition) is 1. The predicted octanol–water partition coefficient (Wildman–Crippen LogP) is 3.50. The average molecular weight is 289 g/mol. The minimum Gasteiger partial charge on any atom is -0.337 e. The Kier molecular flexibility index (Phi) is 3.58. The Hall–Kier alpha value is -3.13. The van der Waals surface area contributed by atoms with E-state index in [1.54, 1.807) is 18.3 Å². The zero-order valence-corrected chi connectivity index (χ0v) is 12.4. The van der Waals surface area contributed by atoms with Crippen LogP contribution in [0.15, 0.2) is 48.7 Å². The molecule has 2 heterocycles. The highest BCUT2D eigenvalue weighted by molar-refractivity contribution is 5.63. The Balaban J connectivity index is 1.95. The number of hydrogen-bond acceptors (Lipinski definition) is 4. The Morgan fingerprint density at radius 1 is 1.09 bits per heavy atom. The number of nitrogens with one attached hydrogen (secondary N) is 1. The van der Waals surface area contributed by atoms with Crippen LogP contribution in [0.2, 0.25) is 0 Å². The molecule has 0 spiro atoms. The highest BCUT2D eigenvalue weighted by Crippen LogP contribution is 2.25. The third-order valence-electron chi connectivity index (χ3n) is 3.44. The van der Waals surface area contributed by atoms with Gasteiger partial charge in [0.05, 0.1) is 28.3 Å². The molecular formula is C17H15N5. The summed E-state index contributed by atoms with van der Waals surface area (Å²) in [6.45, 7) is 3.97. The number of aryl methyl sites for hydroxylation is 1. The Labute approximate surface area is 128 Å². The predicted molar refractivity (Wildman–Crippen MR) is 85.3 cm³/mol.